The highest BCUT2D eigenvalue weighted by Crippen LogP contribution is 2.33. The minimum Gasteiger partial charge on any atom is -0.444 e. The fourth-order valence-corrected chi connectivity index (χ4v) is 3.52. The van der Waals surface area contributed by atoms with Crippen molar-refractivity contribution in [1.29, 1.82) is 0 Å². The van der Waals surface area contributed by atoms with Gasteiger partial charge in [0, 0.05) is 25.2 Å². The van der Waals surface area contributed by atoms with Gasteiger partial charge in [-0.05, 0) is 44.9 Å². The van der Waals surface area contributed by atoms with E-state index in [4.69, 9.17) is 4.74 Å². The van der Waals surface area contributed by atoms with Gasteiger partial charge in [0.1, 0.15) is 23.4 Å². The van der Waals surface area contributed by atoms with E-state index in [9.17, 15) is 22.8 Å². The Morgan fingerprint density at radius 2 is 1.83 bits per heavy atom. The van der Waals surface area contributed by atoms with Gasteiger partial charge >= 0.3 is 6.09 Å². The van der Waals surface area contributed by atoms with Crippen LogP contribution in [0.4, 0.5) is 18.0 Å². The van der Waals surface area contributed by atoms with Crippen molar-refractivity contribution in [3.8, 4) is 0 Å². The fourth-order valence-electron chi connectivity index (χ4n) is 3.52. The second-order valence-electron chi connectivity index (χ2n) is 8.27. The Hall–Kier alpha value is -2.58. The third kappa shape index (κ3) is 4.89. The highest BCUT2D eigenvalue weighted by Gasteiger charge is 2.42. The van der Waals surface area contributed by atoms with Crippen LogP contribution in [0.2, 0.25) is 0 Å². The first-order chi connectivity index (χ1) is 13.5. The molecule has 0 aliphatic carbocycles. The summed E-state index contributed by atoms with van der Waals surface area (Å²) in [6.45, 7) is 5.06. The van der Waals surface area contributed by atoms with E-state index >= 15 is 0 Å². The summed E-state index contributed by atoms with van der Waals surface area (Å²) in [5.41, 5.74) is -0.442. The number of amides is 2. The molecule has 0 spiro atoms. The molecular weight excluding hydrogens is 387 g/mol. The third-order valence-electron chi connectivity index (χ3n) is 4.84. The molecule has 3 rings (SSSR count). The summed E-state index contributed by atoms with van der Waals surface area (Å²) in [5, 5.41) is 5.10. The number of alkyl halides is 1. The maximum absolute atomic E-state index is 14.8. The van der Waals surface area contributed by atoms with Gasteiger partial charge in [0.15, 0.2) is 0 Å². The summed E-state index contributed by atoms with van der Waals surface area (Å²) in [5.74, 6) is -3.07. The molecule has 3 atom stereocenters. The van der Waals surface area contributed by atoms with Gasteiger partial charge in [0.25, 0.3) is 0 Å². The topological polar surface area (TPSA) is 62.2 Å². The third-order valence-corrected chi connectivity index (χ3v) is 4.84. The van der Waals surface area contributed by atoms with E-state index in [0.717, 1.165) is 23.2 Å². The molecule has 0 N–H and O–H groups in total. The highest BCUT2D eigenvalue weighted by molar-refractivity contribution is 5.83. The lowest BCUT2D eigenvalue weighted by molar-refractivity contribution is -0.141. The van der Waals surface area contributed by atoms with Crippen molar-refractivity contribution in [2.45, 2.75) is 51.4 Å². The largest absolute Gasteiger partial charge is 0.444 e. The summed E-state index contributed by atoms with van der Waals surface area (Å²) in [6, 6.07) is 2.33. The Morgan fingerprint density at radius 1 is 1.17 bits per heavy atom. The van der Waals surface area contributed by atoms with E-state index in [1.54, 1.807) is 20.8 Å². The van der Waals surface area contributed by atoms with Gasteiger partial charge in [-0.2, -0.15) is 5.10 Å². The lowest BCUT2D eigenvalue weighted by Crippen LogP contribution is -2.50. The summed E-state index contributed by atoms with van der Waals surface area (Å²) < 4.78 is 47.2. The first-order valence-corrected chi connectivity index (χ1v) is 9.48. The number of carbonyl (C=O) groups excluding carboxylic acids is 2. The molecule has 2 aliphatic rings. The van der Waals surface area contributed by atoms with Crippen molar-refractivity contribution in [3.63, 3.8) is 0 Å². The Morgan fingerprint density at radius 3 is 2.41 bits per heavy atom. The van der Waals surface area contributed by atoms with E-state index in [1.807, 2.05) is 0 Å². The molecule has 1 fully saturated rings. The normalized spacial score (nSPS) is 24.7. The second-order valence-corrected chi connectivity index (χ2v) is 8.27. The molecule has 2 aliphatic heterocycles. The molecule has 9 heteroatoms. The zero-order valence-electron chi connectivity index (χ0n) is 16.6. The number of hydrogen-bond acceptors (Lipinski definition) is 4. The molecule has 0 unspecified atom stereocenters. The minimum atomic E-state index is -1.59. The monoisotopic (exact) mass is 411 g/mol. The molecule has 0 radical (unpaired) electrons. The van der Waals surface area contributed by atoms with Crippen molar-refractivity contribution in [2.24, 2.45) is 11.0 Å². The maximum atomic E-state index is 14.8. The van der Waals surface area contributed by atoms with E-state index < -0.39 is 47.4 Å². The Bertz CT molecular complexity index is 805. The summed E-state index contributed by atoms with van der Waals surface area (Å²) >= 11 is 0. The second kappa shape index (κ2) is 8.04. The van der Waals surface area contributed by atoms with Crippen LogP contribution >= 0.6 is 0 Å². The molecule has 0 bridgehead atoms. The number of halogens is 3. The van der Waals surface area contributed by atoms with Gasteiger partial charge in [-0.1, -0.05) is 0 Å². The van der Waals surface area contributed by atoms with Crippen LogP contribution in [0.5, 0.6) is 0 Å². The van der Waals surface area contributed by atoms with Crippen LogP contribution < -0.4 is 0 Å². The van der Waals surface area contributed by atoms with Crippen molar-refractivity contribution in [1.82, 2.24) is 9.91 Å². The number of hydrogen-bond donors (Lipinski definition) is 0. The molecule has 1 aromatic rings. The van der Waals surface area contributed by atoms with Gasteiger partial charge < -0.3 is 9.64 Å². The molecule has 2 heterocycles. The number of carbonyl (C=O) groups is 2. The predicted molar refractivity (Wildman–Crippen MR) is 99.9 cm³/mol. The molecular formula is C20H24F3N3O3. The number of likely N-dealkylation sites (tertiary alicyclic amines) is 1. The summed E-state index contributed by atoms with van der Waals surface area (Å²) in [7, 11) is 0. The molecule has 1 aromatic carbocycles. The summed E-state index contributed by atoms with van der Waals surface area (Å²) in [4.78, 5) is 26.3. The molecule has 6 nitrogen and oxygen atoms in total. The molecule has 29 heavy (non-hydrogen) atoms. The average Bonchev–Trinajstić information content (AvgIpc) is 3.08. The fraction of sp³-hybridized carbons (Fsp3) is 0.550. The predicted octanol–water partition coefficient (Wildman–Crippen LogP) is 3.82. The first-order valence-electron chi connectivity index (χ1n) is 9.48. The highest BCUT2D eigenvalue weighted by atomic mass is 19.1. The van der Waals surface area contributed by atoms with Gasteiger partial charge in [-0.15, -0.1) is 0 Å². The lowest BCUT2D eigenvalue weighted by atomic mass is 9.93. The van der Waals surface area contributed by atoms with Crippen molar-refractivity contribution in [3.05, 3.63) is 35.4 Å². The number of ether oxygens (including phenoxy) is 1. The number of piperidine rings is 1. The van der Waals surface area contributed by atoms with Crippen LogP contribution in [-0.2, 0) is 9.53 Å². The Balaban J connectivity index is 1.68. The minimum absolute atomic E-state index is 0.107. The Labute approximate surface area is 167 Å². The van der Waals surface area contributed by atoms with E-state index in [2.05, 4.69) is 5.10 Å². The van der Waals surface area contributed by atoms with Crippen LogP contribution in [-0.4, -0.2) is 53.0 Å². The molecule has 2 amide bonds. The van der Waals surface area contributed by atoms with E-state index in [1.165, 1.54) is 11.1 Å². The van der Waals surface area contributed by atoms with Crippen molar-refractivity contribution >= 4 is 18.2 Å². The van der Waals surface area contributed by atoms with Crippen LogP contribution in [0.25, 0.3) is 0 Å². The van der Waals surface area contributed by atoms with Crippen LogP contribution in [0, 0.1) is 17.6 Å². The Kier molecular flexibility index (Phi) is 5.86. The number of nitrogens with zero attached hydrogens (tertiary/aromatic N) is 3. The van der Waals surface area contributed by atoms with Gasteiger partial charge in [0.05, 0.1) is 18.5 Å². The standard InChI is InChI=1S/C20H24F3N3O3/c1-20(2,3)29-19(28)25-7-5-15(16(23)11-25)18(27)26-17(4-6-24-26)12-8-13(21)10-14(22)9-12/h6,8-10,15-17H,4-5,7,11H2,1-3H3/t15-,16+,17+/m1/s1. The SMILES string of the molecule is CC(C)(C)OC(=O)N1CC[C@@H](C(=O)N2N=CC[C@H]2c2cc(F)cc(F)c2)[C@@H](F)C1. The molecule has 0 aromatic heterocycles. The smallest absolute Gasteiger partial charge is 0.410 e. The zero-order chi connectivity index (χ0) is 21.3. The molecule has 1 saturated heterocycles. The average molecular weight is 411 g/mol. The quantitative estimate of drug-likeness (QED) is 0.743. The van der Waals surface area contributed by atoms with Gasteiger partial charge in [-0.25, -0.2) is 23.0 Å². The summed E-state index contributed by atoms with van der Waals surface area (Å²) in [6.07, 6.45) is -0.366. The number of rotatable bonds is 2. The van der Waals surface area contributed by atoms with Crippen LogP contribution in [0.3, 0.4) is 0 Å². The van der Waals surface area contributed by atoms with Crippen LogP contribution in [0.15, 0.2) is 23.3 Å². The number of hydrazone groups is 1. The lowest BCUT2D eigenvalue weighted by Gasteiger charge is -2.36. The maximum Gasteiger partial charge on any atom is 0.410 e. The molecule has 158 valence electrons. The van der Waals surface area contributed by atoms with Crippen LogP contribution in [0.1, 0.15) is 45.2 Å². The van der Waals surface area contributed by atoms with Gasteiger partial charge in [0.2, 0.25) is 5.91 Å². The van der Waals surface area contributed by atoms with Crippen molar-refractivity contribution in [2.75, 3.05) is 13.1 Å². The zero-order valence-corrected chi connectivity index (χ0v) is 16.6. The number of benzene rings is 1. The van der Waals surface area contributed by atoms with Gasteiger partial charge in [-0.3, -0.25) is 4.79 Å². The first kappa shape index (κ1) is 21.1. The molecule has 0 saturated carbocycles. The van der Waals surface area contributed by atoms with E-state index in [-0.39, 0.29) is 31.5 Å². The van der Waals surface area contributed by atoms with Crippen molar-refractivity contribution < 1.29 is 27.5 Å². The van der Waals surface area contributed by atoms with E-state index in [0.29, 0.717) is 0 Å².